The quantitative estimate of drug-likeness (QED) is 0.219. The van der Waals surface area contributed by atoms with Gasteiger partial charge in [-0.05, 0) is 41.8 Å². The molecule has 3 aromatic carbocycles. The minimum Gasteiger partial charge on any atom is -0.473 e. The Hall–Kier alpha value is -4.32. The summed E-state index contributed by atoms with van der Waals surface area (Å²) in [6.45, 7) is 4.03. The molecule has 6 nitrogen and oxygen atoms in total. The van der Waals surface area contributed by atoms with Gasteiger partial charge in [0.15, 0.2) is 0 Å². The molecule has 0 spiro atoms. The molecule has 0 fully saturated rings. The normalized spacial score (nSPS) is 11.0. The maximum atomic E-state index is 6.27. The number of aromatic nitrogens is 3. The van der Waals surface area contributed by atoms with Crippen LogP contribution in [0.2, 0.25) is 0 Å². The van der Waals surface area contributed by atoms with Gasteiger partial charge >= 0.3 is 0 Å². The van der Waals surface area contributed by atoms with Crippen molar-refractivity contribution in [3.8, 4) is 23.0 Å². The molecular weight excluding hydrogens is 460 g/mol. The number of rotatable bonds is 10. The van der Waals surface area contributed by atoms with Crippen LogP contribution in [0.25, 0.3) is 22.2 Å². The van der Waals surface area contributed by atoms with Gasteiger partial charge in [-0.2, -0.15) is 10.1 Å². The molecule has 0 atom stereocenters. The van der Waals surface area contributed by atoms with E-state index in [2.05, 4.69) is 37.1 Å². The van der Waals surface area contributed by atoms with Gasteiger partial charge in [0, 0.05) is 37.8 Å². The topological polar surface area (TPSA) is 52.4 Å². The zero-order chi connectivity index (χ0) is 25.6. The Morgan fingerprint density at radius 2 is 1.49 bits per heavy atom. The van der Waals surface area contributed by atoms with Crippen molar-refractivity contribution >= 4 is 16.6 Å². The van der Waals surface area contributed by atoms with E-state index in [9.17, 15) is 0 Å². The van der Waals surface area contributed by atoms with Gasteiger partial charge in [-0.3, -0.25) is 4.68 Å². The third kappa shape index (κ3) is 5.59. The molecule has 0 unspecified atom stereocenters. The Labute approximate surface area is 218 Å². The Balaban J connectivity index is 1.50. The first kappa shape index (κ1) is 24.4. The molecule has 0 N–H and O–H groups in total. The first-order chi connectivity index (χ1) is 18.1. The number of nitrogens with zero attached hydrogens (tertiary/aromatic N) is 4. The summed E-state index contributed by atoms with van der Waals surface area (Å²) in [6, 6.07) is 30.5. The number of anilines is 1. The molecule has 5 aromatic rings. The average molecular weight is 493 g/mol. The van der Waals surface area contributed by atoms with Gasteiger partial charge in [0.05, 0.1) is 11.1 Å². The molecule has 5 rings (SSSR count). The van der Waals surface area contributed by atoms with E-state index in [1.807, 2.05) is 84.5 Å². The van der Waals surface area contributed by atoms with Crippen LogP contribution in [0.15, 0.2) is 91.0 Å². The summed E-state index contributed by atoms with van der Waals surface area (Å²) in [5.74, 6) is 1.01. The lowest BCUT2D eigenvalue weighted by Crippen LogP contribution is -2.17. The lowest BCUT2D eigenvalue weighted by Gasteiger charge is -2.18. The smallest absolute Gasteiger partial charge is 0.226 e. The van der Waals surface area contributed by atoms with Crippen molar-refractivity contribution in [1.82, 2.24) is 14.8 Å². The molecule has 0 saturated carbocycles. The van der Waals surface area contributed by atoms with Gasteiger partial charge in [0.1, 0.15) is 18.9 Å². The van der Waals surface area contributed by atoms with E-state index in [1.54, 1.807) is 0 Å². The lowest BCUT2D eigenvalue weighted by atomic mass is 10.1. The van der Waals surface area contributed by atoms with E-state index >= 15 is 0 Å². The Bertz CT molecular complexity index is 1470. The number of pyridine rings is 1. The maximum absolute atomic E-state index is 6.27. The molecule has 0 radical (unpaired) electrons. The first-order valence-corrected chi connectivity index (χ1v) is 12.6. The number of ether oxygens (including phenoxy) is 2. The van der Waals surface area contributed by atoms with E-state index in [4.69, 9.17) is 19.6 Å². The van der Waals surface area contributed by atoms with Gasteiger partial charge in [-0.1, -0.05) is 67.6 Å². The second-order valence-corrected chi connectivity index (χ2v) is 9.15. The number of hydrogen-bond donors (Lipinski definition) is 0. The molecule has 6 heteroatoms. The highest BCUT2D eigenvalue weighted by Gasteiger charge is 2.18. The van der Waals surface area contributed by atoms with Gasteiger partial charge in [-0.25, -0.2) is 0 Å². The molecular formula is C31H32N4O2. The minimum absolute atomic E-state index is 0.402. The first-order valence-electron chi connectivity index (χ1n) is 12.6. The highest BCUT2D eigenvalue weighted by atomic mass is 16.5. The Morgan fingerprint density at radius 1 is 0.811 bits per heavy atom. The lowest BCUT2D eigenvalue weighted by molar-refractivity contribution is 0.268. The van der Waals surface area contributed by atoms with Crippen LogP contribution in [0.4, 0.5) is 5.69 Å². The number of fused-ring (bicyclic) bond motifs is 1. The molecule has 2 aromatic heterocycles. The predicted molar refractivity (Wildman–Crippen MR) is 149 cm³/mol. The Morgan fingerprint density at radius 3 is 2.16 bits per heavy atom. The van der Waals surface area contributed by atoms with E-state index in [-0.39, 0.29) is 0 Å². The maximum Gasteiger partial charge on any atom is 0.226 e. The van der Waals surface area contributed by atoms with Crippen molar-refractivity contribution in [1.29, 1.82) is 0 Å². The third-order valence-electron chi connectivity index (χ3n) is 6.37. The predicted octanol–water partition coefficient (Wildman–Crippen LogP) is 6.64. The monoisotopic (exact) mass is 492 g/mol. The van der Waals surface area contributed by atoms with Crippen LogP contribution in [-0.4, -0.2) is 28.4 Å². The summed E-state index contributed by atoms with van der Waals surface area (Å²) in [5, 5.41) is 5.94. The van der Waals surface area contributed by atoms with Crippen molar-refractivity contribution in [2.45, 2.75) is 26.6 Å². The van der Waals surface area contributed by atoms with Crippen molar-refractivity contribution in [2.75, 3.05) is 18.5 Å². The summed E-state index contributed by atoms with van der Waals surface area (Å²) in [4.78, 5) is 7.03. The zero-order valence-electron chi connectivity index (χ0n) is 21.6. The van der Waals surface area contributed by atoms with Crippen LogP contribution in [0.3, 0.4) is 0 Å². The standard InChI is InChI=1S/C31H32N4O2/c1-4-19-34(2)25-15-16-26-28(20-25)35(3)33-30(26)27-17-18-29(36-21-23-11-7-5-8-12-23)32-31(27)37-22-24-13-9-6-10-14-24/h5-18,20H,4,19,21-22H2,1-3H3. The molecule has 2 heterocycles. The second kappa shape index (κ2) is 11.2. The average Bonchev–Trinajstić information content (AvgIpc) is 3.27. The molecule has 0 amide bonds. The van der Waals surface area contributed by atoms with Crippen molar-refractivity contribution < 1.29 is 9.47 Å². The summed E-state index contributed by atoms with van der Waals surface area (Å²) >= 11 is 0. The number of hydrogen-bond acceptors (Lipinski definition) is 5. The SMILES string of the molecule is CCCN(C)c1ccc2c(-c3ccc(OCc4ccccc4)nc3OCc3ccccc3)nn(C)c2c1. The molecule has 0 aliphatic carbocycles. The zero-order valence-corrected chi connectivity index (χ0v) is 21.6. The second-order valence-electron chi connectivity index (χ2n) is 9.15. The van der Waals surface area contributed by atoms with Crippen LogP contribution in [-0.2, 0) is 20.3 Å². The number of benzene rings is 3. The van der Waals surface area contributed by atoms with Gasteiger partial charge in [0.2, 0.25) is 11.8 Å². The van der Waals surface area contributed by atoms with Crippen molar-refractivity contribution in [3.63, 3.8) is 0 Å². The van der Waals surface area contributed by atoms with E-state index in [0.29, 0.717) is 25.0 Å². The summed E-state index contributed by atoms with van der Waals surface area (Å²) < 4.78 is 14.2. The van der Waals surface area contributed by atoms with Crippen LogP contribution >= 0.6 is 0 Å². The largest absolute Gasteiger partial charge is 0.473 e. The summed E-state index contributed by atoms with van der Waals surface area (Å²) in [7, 11) is 4.10. The van der Waals surface area contributed by atoms with Gasteiger partial charge < -0.3 is 14.4 Å². The number of aryl methyl sites for hydroxylation is 1. The fraction of sp³-hybridized carbons (Fsp3) is 0.226. The van der Waals surface area contributed by atoms with E-state index in [1.165, 1.54) is 5.69 Å². The fourth-order valence-corrected chi connectivity index (χ4v) is 4.40. The highest BCUT2D eigenvalue weighted by molar-refractivity contribution is 5.96. The summed E-state index contributed by atoms with van der Waals surface area (Å²) in [5.41, 5.74) is 6.07. The Kier molecular flexibility index (Phi) is 7.36. The van der Waals surface area contributed by atoms with E-state index < -0.39 is 0 Å². The van der Waals surface area contributed by atoms with Crippen molar-refractivity contribution in [3.05, 3.63) is 102 Å². The fourth-order valence-electron chi connectivity index (χ4n) is 4.40. The highest BCUT2D eigenvalue weighted by Crippen LogP contribution is 2.36. The van der Waals surface area contributed by atoms with Crippen LogP contribution in [0.1, 0.15) is 24.5 Å². The van der Waals surface area contributed by atoms with Crippen LogP contribution < -0.4 is 14.4 Å². The summed E-state index contributed by atoms with van der Waals surface area (Å²) in [6.07, 6.45) is 1.09. The molecule has 0 bridgehead atoms. The molecule has 0 aliphatic heterocycles. The molecule has 0 aliphatic rings. The van der Waals surface area contributed by atoms with Gasteiger partial charge in [-0.15, -0.1) is 0 Å². The molecule has 188 valence electrons. The van der Waals surface area contributed by atoms with Gasteiger partial charge in [0.25, 0.3) is 0 Å². The molecule has 0 saturated heterocycles. The van der Waals surface area contributed by atoms with Crippen LogP contribution in [0, 0.1) is 0 Å². The minimum atomic E-state index is 0.402. The third-order valence-corrected chi connectivity index (χ3v) is 6.37. The van der Waals surface area contributed by atoms with Crippen LogP contribution in [0.5, 0.6) is 11.8 Å². The molecule has 37 heavy (non-hydrogen) atoms. The van der Waals surface area contributed by atoms with Crippen molar-refractivity contribution in [2.24, 2.45) is 7.05 Å². The van der Waals surface area contributed by atoms with E-state index in [0.717, 1.165) is 46.3 Å².